The van der Waals surface area contributed by atoms with Crippen molar-refractivity contribution < 1.29 is 4.74 Å². The highest BCUT2D eigenvalue weighted by atomic mass is 16.5. The predicted molar refractivity (Wildman–Crippen MR) is 55.1 cm³/mol. The fraction of sp³-hybridized carbons (Fsp3) is 0.727. The Kier molecular flexibility index (Phi) is 2.35. The maximum atomic E-state index is 5.36. The molecule has 1 aliphatic rings. The standard InChI is InChI=1S/C11H18N2O/c1-11(2,3)6-10-12-8-4-5-14-7-9(8)13-10/h4-7H2,1-3H3,(H,12,13). The van der Waals surface area contributed by atoms with E-state index < -0.39 is 0 Å². The number of imidazole rings is 1. The van der Waals surface area contributed by atoms with Gasteiger partial charge in [-0.2, -0.15) is 0 Å². The molecule has 1 aromatic heterocycles. The Labute approximate surface area is 84.9 Å². The third-order valence-corrected chi connectivity index (χ3v) is 2.35. The van der Waals surface area contributed by atoms with Crippen LogP contribution in [0.2, 0.25) is 0 Å². The minimum absolute atomic E-state index is 0.293. The maximum absolute atomic E-state index is 5.36. The summed E-state index contributed by atoms with van der Waals surface area (Å²) in [6.45, 7) is 8.18. The van der Waals surface area contributed by atoms with Gasteiger partial charge in [-0.25, -0.2) is 4.98 Å². The third-order valence-electron chi connectivity index (χ3n) is 2.35. The Morgan fingerprint density at radius 1 is 1.43 bits per heavy atom. The number of hydrogen-bond acceptors (Lipinski definition) is 2. The van der Waals surface area contributed by atoms with Gasteiger partial charge in [-0.3, -0.25) is 0 Å². The van der Waals surface area contributed by atoms with Crippen molar-refractivity contribution in [3.63, 3.8) is 0 Å². The van der Waals surface area contributed by atoms with Crippen molar-refractivity contribution in [1.29, 1.82) is 0 Å². The number of ether oxygens (including phenoxy) is 1. The fourth-order valence-electron chi connectivity index (χ4n) is 1.76. The highest BCUT2D eigenvalue weighted by molar-refractivity contribution is 5.16. The highest BCUT2D eigenvalue weighted by Gasteiger charge is 2.18. The summed E-state index contributed by atoms with van der Waals surface area (Å²) in [5.74, 6) is 1.10. The average Bonchev–Trinajstić information content (AvgIpc) is 2.42. The minimum atomic E-state index is 0.293. The van der Waals surface area contributed by atoms with Crippen LogP contribution in [0.15, 0.2) is 0 Å². The van der Waals surface area contributed by atoms with Crippen molar-refractivity contribution >= 4 is 0 Å². The van der Waals surface area contributed by atoms with E-state index in [0.29, 0.717) is 12.0 Å². The summed E-state index contributed by atoms with van der Waals surface area (Å²) in [5, 5.41) is 0. The maximum Gasteiger partial charge on any atom is 0.107 e. The van der Waals surface area contributed by atoms with Gasteiger partial charge in [-0.15, -0.1) is 0 Å². The van der Waals surface area contributed by atoms with Crippen molar-refractivity contribution in [2.75, 3.05) is 6.61 Å². The summed E-state index contributed by atoms with van der Waals surface area (Å²) < 4.78 is 5.36. The molecule has 0 saturated heterocycles. The summed E-state index contributed by atoms with van der Waals surface area (Å²) in [4.78, 5) is 7.95. The van der Waals surface area contributed by atoms with E-state index in [9.17, 15) is 0 Å². The molecule has 0 atom stereocenters. The van der Waals surface area contributed by atoms with Gasteiger partial charge < -0.3 is 9.72 Å². The molecule has 78 valence electrons. The first-order valence-corrected chi connectivity index (χ1v) is 5.19. The summed E-state index contributed by atoms with van der Waals surface area (Å²) in [6.07, 6.45) is 1.98. The molecule has 1 aromatic rings. The lowest BCUT2D eigenvalue weighted by Gasteiger charge is -2.15. The number of nitrogens with one attached hydrogen (secondary N) is 1. The molecule has 0 unspecified atom stereocenters. The van der Waals surface area contributed by atoms with E-state index in [-0.39, 0.29) is 0 Å². The molecular formula is C11H18N2O. The first-order chi connectivity index (χ1) is 6.54. The van der Waals surface area contributed by atoms with Gasteiger partial charge in [0.15, 0.2) is 0 Å². The lowest BCUT2D eigenvalue weighted by atomic mass is 9.92. The molecule has 14 heavy (non-hydrogen) atoms. The van der Waals surface area contributed by atoms with E-state index in [1.807, 2.05) is 0 Å². The predicted octanol–water partition coefficient (Wildman–Crippen LogP) is 2.07. The molecule has 0 saturated carbocycles. The Balaban J connectivity index is 2.16. The van der Waals surface area contributed by atoms with Gasteiger partial charge in [0.1, 0.15) is 5.82 Å². The third kappa shape index (κ3) is 2.15. The molecule has 3 nitrogen and oxygen atoms in total. The Morgan fingerprint density at radius 2 is 2.21 bits per heavy atom. The van der Waals surface area contributed by atoms with E-state index in [1.54, 1.807) is 0 Å². The van der Waals surface area contributed by atoms with Crippen molar-refractivity contribution in [3.8, 4) is 0 Å². The van der Waals surface area contributed by atoms with Gasteiger partial charge in [-0.1, -0.05) is 20.8 Å². The van der Waals surface area contributed by atoms with Gasteiger partial charge in [0, 0.05) is 18.5 Å². The first kappa shape index (κ1) is 9.71. The normalized spacial score (nSPS) is 16.8. The molecule has 0 aliphatic carbocycles. The monoisotopic (exact) mass is 194 g/mol. The Bertz CT molecular complexity index is 299. The highest BCUT2D eigenvalue weighted by Crippen LogP contribution is 2.21. The summed E-state index contributed by atoms with van der Waals surface area (Å²) in [6, 6.07) is 0. The zero-order valence-electron chi connectivity index (χ0n) is 9.18. The van der Waals surface area contributed by atoms with Crippen molar-refractivity contribution in [3.05, 3.63) is 17.2 Å². The van der Waals surface area contributed by atoms with E-state index >= 15 is 0 Å². The van der Waals surface area contributed by atoms with Gasteiger partial charge in [-0.05, 0) is 5.41 Å². The first-order valence-electron chi connectivity index (χ1n) is 5.19. The lowest BCUT2D eigenvalue weighted by molar-refractivity contribution is 0.107. The zero-order valence-corrected chi connectivity index (χ0v) is 9.18. The second kappa shape index (κ2) is 3.39. The van der Waals surface area contributed by atoms with Crippen LogP contribution in [0.5, 0.6) is 0 Å². The Hall–Kier alpha value is -0.830. The van der Waals surface area contributed by atoms with Gasteiger partial charge in [0.2, 0.25) is 0 Å². The second-order valence-electron chi connectivity index (χ2n) is 5.15. The molecule has 2 heterocycles. The van der Waals surface area contributed by atoms with E-state index in [4.69, 9.17) is 4.74 Å². The van der Waals surface area contributed by atoms with Crippen LogP contribution in [0.1, 0.15) is 38.0 Å². The van der Waals surface area contributed by atoms with Gasteiger partial charge in [0.25, 0.3) is 0 Å². The van der Waals surface area contributed by atoms with Crippen molar-refractivity contribution in [1.82, 2.24) is 9.97 Å². The summed E-state index contributed by atoms with van der Waals surface area (Å²) >= 11 is 0. The molecule has 0 bridgehead atoms. The number of H-pyrrole nitrogens is 1. The van der Waals surface area contributed by atoms with Crippen LogP contribution in [-0.4, -0.2) is 16.6 Å². The second-order valence-corrected chi connectivity index (χ2v) is 5.15. The van der Waals surface area contributed by atoms with Crippen LogP contribution in [0.4, 0.5) is 0 Å². The van der Waals surface area contributed by atoms with E-state index in [0.717, 1.165) is 31.0 Å². The minimum Gasteiger partial charge on any atom is -0.375 e. The average molecular weight is 194 g/mol. The number of aromatic amines is 1. The Morgan fingerprint density at radius 3 is 2.86 bits per heavy atom. The molecule has 0 fully saturated rings. The van der Waals surface area contributed by atoms with Crippen LogP contribution in [-0.2, 0) is 24.2 Å². The van der Waals surface area contributed by atoms with Crippen molar-refractivity contribution in [2.24, 2.45) is 5.41 Å². The topological polar surface area (TPSA) is 37.9 Å². The van der Waals surface area contributed by atoms with Crippen LogP contribution < -0.4 is 0 Å². The molecule has 0 amide bonds. The van der Waals surface area contributed by atoms with Gasteiger partial charge in [0.05, 0.1) is 18.9 Å². The van der Waals surface area contributed by atoms with Crippen LogP contribution >= 0.6 is 0 Å². The molecule has 2 rings (SSSR count). The van der Waals surface area contributed by atoms with E-state index in [2.05, 4.69) is 30.7 Å². The molecule has 1 N–H and O–H groups in total. The van der Waals surface area contributed by atoms with Gasteiger partial charge >= 0.3 is 0 Å². The SMILES string of the molecule is CC(C)(C)Cc1nc2c([nH]1)CCOC2. The molecule has 0 spiro atoms. The number of hydrogen-bond donors (Lipinski definition) is 1. The molecular weight excluding hydrogens is 176 g/mol. The van der Waals surface area contributed by atoms with Crippen LogP contribution in [0, 0.1) is 5.41 Å². The largest absolute Gasteiger partial charge is 0.375 e. The number of rotatable bonds is 1. The van der Waals surface area contributed by atoms with Crippen molar-refractivity contribution in [2.45, 2.75) is 40.2 Å². The quantitative estimate of drug-likeness (QED) is 0.743. The zero-order chi connectivity index (χ0) is 10.2. The number of aromatic nitrogens is 2. The number of nitrogens with zero attached hydrogens (tertiary/aromatic N) is 1. The molecule has 0 radical (unpaired) electrons. The van der Waals surface area contributed by atoms with Crippen LogP contribution in [0.3, 0.4) is 0 Å². The molecule has 0 aromatic carbocycles. The lowest BCUT2D eigenvalue weighted by Crippen LogP contribution is -2.10. The van der Waals surface area contributed by atoms with Crippen LogP contribution in [0.25, 0.3) is 0 Å². The summed E-state index contributed by atoms with van der Waals surface area (Å²) in [7, 11) is 0. The molecule has 1 aliphatic heterocycles. The number of fused-ring (bicyclic) bond motifs is 1. The van der Waals surface area contributed by atoms with E-state index in [1.165, 1.54) is 5.69 Å². The molecule has 3 heteroatoms. The fourth-order valence-corrected chi connectivity index (χ4v) is 1.76. The smallest absolute Gasteiger partial charge is 0.107 e. The summed E-state index contributed by atoms with van der Waals surface area (Å²) in [5.41, 5.74) is 2.67.